The number of benzene rings is 1. The highest BCUT2D eigenvalue weighted by Gasteiger charge is 2.56. The summed E-state index contributed by atoms with van der Waals surface area (Å²) < 4.78 is 16.8. The van der Waals surface area contributed by atoms with E-state index in [2.05, 4.69) is 46.1 Å². The minimum atomic E-state index is -1.07. The molecule has 0 unspecified atom stereocenters. The number of piperidine rings is 2. The zero-order valence-corrected chi connectivity index (χ0v) is 29.0. The number of pyridine rings is 2. The van der Waals surface area contributed by atoms with Gasteiger partial charge in [0.15, 0.2) is 11.6 Å². The lowest BCUT2D eigenvalue weighted by atomic mass is 9.73. The van der Waals surface area contributed by atoms with Crippen LogP contribution in [0, 0.1) is 5.82 Å². The maximum absolute atomic E-state index is 14.8. The molecule has 3 aliphatic heterocycles. The van der Waals surface area contributed by atoms with Crippen LogP contribution in [0.4, 0.5) is 21.6 Å². The van der Waals surface area contributed by atoms with Gasteiger partial charge in [-0.25, -0.2) is 14.4 Å². The first-order chi connectivity index (χ1) is 24.1. The number of hydrogen-bond acceptors (Lipinski definition) is 8. The van der Waals surface area contributed by atoms with Gasteiger partial charge in [-0.3, -0.25) is 14.6 Å². The molecule has 1 saturated carbocycles. The van der Waals surface area contributed by atoms with Gasteiger partial charge >= 0.3 is 0 Å². The van der Waals surface area contributed by atoms with E-state index in [1.54, 1.807) is 17.3 Å². The Morgan fingerprint density at radius 2 is 1.78 bits per heavy atom. The molecule has 3 aromatic heterocycles. The summed E-state index contributed by atoms with van der Waals surface area (Å²) in [5.41, 5.74) is 4.46. The third kappa shape index (κ3) is 5.43. The summed E-state index contributed by atoms with van der Waals surface area (Å²) in [6.07, 6.45) is 10.1. The number of aromatic nitrogens is 4. The van der Waals surface area contributed by atoms with Crippen molar-refractivity contribution in [2.24, 2.45) is 0 Å². The van der Waals surface area contributed by atoms with Crippen molar-refractivity contribution in [1.29, 1.82) is 0 Å². The first kappa shape index (κ1) is 32.8. The fraction of sp³-hybridized carbons (Fsp3) is 0.500. The van der Waals surface area contributed by atoms with Crippen LogP contribution >= 0.6 is 0 Å². The molecule has 1 aromatic carbocycles. The monoisotopic (exact) mass is 680 g/mol. The van der Waals surface area contributed by atoms with Crippen molar-refractivity contribution in [3.63, 3.8) is 0 Å². The van der Waals surface area contributed by atoms with Gasteiger partial charge in [0.1, 0.15) is 11.6 Å². The number of rotatable bonds is 7. The summed E-state index contributed by atoms with van der Waals surface area (Å²) in [6, 6.07) is 10.4. The predicted molar refractivity (Wildman–Crippen MR) is 190 cm³/mol. The maximum Gasteiger partial charge on any atom is 0.251 e. The fourth-order valence-electron chi connectivity index (χ4n) is 8.61. The number of aliphatic hydroxyl groups excluding tert-OH is 1. The number of amides is 2. The number of fused-ring (bicyclic) bond motifs is 3. The summed E-state index contributed by atoms with van der Waals surface area (Å²) in [4.78, 5) is 47.4. The summed E-state index contributed by atoms with van der Waals surface area (Å²) in [5, 5.41) is 13.2. The Labute approximate surface area is 291 Å². The number of carbonyl (C=O) groups is 2. The van der Waals surface area contributed by atoms with Gasteiger partial charge in [-0.05, 0) is 96.1 Å². The molecule has 11 nitrogen and oxygen atoms in total. The largest absolute Gasteiger partial charge is 0.384 e. The topological polar surface area (TPSA) is 120 Å². The number of aliphatic hydroxyl groups is 1. The van der Waals surface area contributed by atoms with Crippen molar-refractivity contribution >= 4 is 40.0 Å². The number of imidazole rings is 1. The molecule has 6 heterocycles. The second kappa shape index (κ2) is 12.7. The number of nitrogens with one attached hydrogen (secondary N) is 1. The van der Waals surface area contributed by atoms with Crippen molar-refractivity contribution in [1.82, 2.24) is 29.3 Å². The smallest absolute Gasteiger partial charge is 0.251 e. The van der Waals surface area contributed by atoms with Gasteiger partial charge < -0.3 is 29.7 Å². The molecular weight excluding hydrogens is 635 g/mol. The Hall–Kier alpha value is -4.42. The normalized spacial score (nSPS) is 22.6. The molecule has 8 rings (SSSR count). The van der Waals surface area contributed by atoms with Crippen molar-refractivity contribution < 1.29 is 19.1 Å². The quantitative estimate of drug-likeness (QED) is 0.261. The van der Waals surface area contributed by atoms with Crippen LogP contribution in [0.25, 0.3) is 22.3 Å². The van der Waals surface area contributed by atoms with Crippen LogP contribution in [-0.2, 0) is 15.0 Å². The van der Waals surface area contributed by atoms with Crippen molar-refractivity contribution in [2.45, 2.75) is 95.4 Å². The summed E-state index contributed by atoms with van der Waals surface area (Å²) in [7, 11) is 0. The zero-order valence-electron chi connectivity index (χ0n) is 29.0. The van der Waals surface area contributed by atoms with Crippen LogP contribution < -0.4 is 10.2 Å². The molecule has 1 aliphatic carbocycles. The molecular formula is C38H45FN8O3. The van der Waals surface area contributed by atoms with Crippen LogP contribution in [0.5, 0.6) is 0 Å². The predicted octanol–water partition coefficient (Wildman–Crippen LogP) is 5.56. The first-order valence-corrected chi connectivity index (χ1v) is 18.1. The lowest BCUT2D eigenvalue weighted by Crippen LogP contribution is -2.58. The van der Waals surface area contributed by atoms with Crippen molar-refractivity contribution in [3.8, 4) is 11.3 Å². The average Bonchev–Trinajstić information content (AvgIpc) is 3.63. The number of hydrogen-bond donors (Lipinski definition) is 2. The molecule has 12 heteroatoms. The van der Waals surface area contributed by atoms with E-state index < -0.39 is 17.3 Å². The molecule has 1 atom stereocenters. The van der Waals surface area contributed by atoms with Gasteiger partial charge in [0.05, 0.1) is 34.8 Å². The van der Waals surface area contributed by atoms with E-state index >= 15 is 0 Å². The Balaban J connectivity index is 1.18. The number of anilines is 3. The minimum absolute atomic E-state index is 0.101. The average molecular weight is 681 g/mol. The van der Waals surface area contributed by atoms with Gasteiger partial charge in [0.25, 0.3) is 5.91 Å². The Bertz CT molecular complexity index is 1940. The highest BCUT2D eigenvalue weighted by molar-refractivity contribution is 6.09. The number of carbonyl (C=O) groups excluding carboxylic acids is 2. The van der Waals surface area contributed by atoms with Gasteiger partial charge in [0.2, 0.25) is 5.91 Å². The van der Waals surface area contributed by atoms with Crippen molar-refractivity contribution in [3.05, 3.63) is 60.4 Å². The molecule has 2 amide bonds. The third-order valence-corrected chi connectivity index (χ3v) is 11.5. The van der Waals surface area contributed by atoms with Crippen LogP contribution in [-0.4, -0.2) is 90.6 Å². The molecule has 2 N–H and O–H groups in total. The van der Waals surface area contributed by atoms with E-state index in [-0.39, 0.29) is 29.6 Å². The first-order valence-electron chi connectivity index (χ1n) is 18.1. The molecule has 2 saturated heterocycles. The van der Waals surface area contributed by atoms with E-state index in [4.69, 9.17) is 9.97 Å². The maximum atomic E-state index is 14.8. The van der Waals surface area contributed by atoms with E-state index in [0.717, 1.165) is 53.8 Å². The number of likely N-dealkylation sites (tertiary alicyclic amines) is 2. The minimum Gasteiger partial charge on any atom is -0.384 e. The molecule has 3 fully saturated rings. The summed E-state index contributed by atoms with van der Waals surface area (Å²) >= 11 is 0. The van der Waals surface area contributed by atoms with Gasteiger partial charge in [-0.2, -0.15) is 0 Å². The fourth-order valence-corrected chi connectivity index (χ4v) is 8.61. The second-order valence-corrected chi connectivity index (χ2v) is 14.8. The molecule has 0 bridgehead atoms. The third-order valence-electron chi connectivity index (χ3n) is 11.5. The van der Waals surface area contributed by atoms with E-state index in [1.165, 1.54) is 38.6 Å². The zero-order chi connectivity index (χ0) is 34.7. The molecule has 0 radical (unpaired) electrons. The Morgan fingerprint density at radius 3 is 2.48 bits per heavy atom. The summed E-state index contributed by atoms with van der Waals surface area (Å²) in [5.74, 6) is -0.175. The van der Waals surface area contributed by atoms with Gasteiger partial charge in [-0.1, -0.05) is 18.6 Å². The van der Waals surface area contributed by atoms with Gasteiger partial charge in [0, 0.05) is 48.7 Å². The van der Waals surface area contributed by atoms with Crippen LogP contribution in [0.3, 0.4) is 0 Å². The second-order valence-electron chi connectivity index (χ2n) is 14.8. The molecule has 50 heavy (non-hydrogen) atoms. The Kier molecular flexibility index (Phi) is 8.34. The van der Waals surface area contributed by atoms with E-state index in [1.807, 2.05) is 16.7 Å². The number of halogens is 1. The standard InChI is InChI=1S/C38H45FN8O3/c1-23(2)46-22-41-32-20-31(43-35(34(32)46)42-30-9-12-40-21-29(30)39)25-7-8-28-33(17-25)47(27-18-26(19-27)44-13-5-4-6-14-44)37(50)38(28)10-15-45(16-11-38)36(49)24(3)48/h7-9,12,17,20-24,26-27,48H,4-6,10-11,13-16,18-19H2,1-3H3,(H,40,42,43)/t24-,26?,27?/m1/s1. The van der Waals surface area contributed by atoms with Crippen molar-refractivity contribution in [2.75, 3.05) is 36.4 Å². The Morgan fingerprint density at radius 1 is 1.02 bits per heavy atom. The van der Waals surface area contributed by atoms with E-state index in [0.29, 0.717) is 43.5 Å². The molecule has 4 aliphatic rings. The van der Waals surface area contributed by atoms with Crippen LogP contribution in [0.1, 0.15) is 77.3 Å². The lowest BCUT2D eigenvalue weighted by Gasteiger charge is -2.48. The van der Waals surface area contributed by atoms with Crippen LogP contribution in [0.15, 0.2) is 49.1 Å². The SMILES string of the molecule is CC(C)n1cnc2cc(-c3ccc4c(c3)N(C3CC(N5CCCCC5)C3)C(=O)C43CCN(C(=O)[C@@H](C)O)CC3)nc(Nc3ccncc3F)c21. The highest BCUT2D eigenvalue weighted by Crippen LogP contribution is 2.52. The highest BCUT2D eigenvalue weighted by atomic mass is 19.1. The van der Waals surface area contributed by atoms with Gasteiger partial charge in [-0.15, -0.1) is 0 Å². The van der Waals surface area contributed by atoms with Crippen LogP contribution in [0.2, 0.25) is 0 Å². The lowest BCUT2D eigenvalue weighted by molar-refractivity contribution is -0.142. The molecule has 1 spiro atoms. The molecule has 262 valence electrons. The number of nitrogens with zero attached hydrogens (tertiary/aromatic N) is 7. The summed E-state index contributed by atoms with van der Waals surface area (Å²) in [6.45, 7) is 8.72. The molecule has 4 aromatic rings. The van der Waals surface area contributed by atoms with E-state index in [9.17, 15) is 19.1 Å².